The van der Waals surface area contributed by atoms with Gasteiger partial charge in [-0.2, -0.15) is 0 Å². The van der Waals surface area contributed by atoms with Crippen molar-refractivity contribution < 1.29 is 4.79 Å². The molecular weight excluding hydrogens is 282 g/mol. The molecule has 1 unspecified atom stereocenters. The largest absolute Gasteiger partial charge is 0.397 e. The van der Waals surface area contributed by atoms with Crippen LogP contribution >= 0.6 is 11.3 Å². The number of hydrogen-bond donors (Lipinski definition) is 2. The van der Waals surface area contributed by atoms with E-state index in [0.717, 1.165) is 25.8 Å². The second-order valence-corrected chi connectivity index (χ2v) is 6.16. The van der Waals surface area contributed by atoms with Gasteiger partial charge in [-0.15, -0.1) is 11.3 Å². The highest BCUT2D eigenvalue weighted by atomic mass is 32.1. The van der Waals surface area contributed by atoms with Crippen molar-refractivity contribution in [2.75, 3.05) is 5.73 Å². The maximum atomic E-state index is 12.6. The number of rotatable bonds is 7. The summed E-state index contributed by atoms with van der Waals surface area (Å²) in [5.74, 6) is -0.0491. The third kappa shape index (κ3) is 3.88. The molecule has 3 N–H and O–H groups in total. The van der Waals surface area contributed by atoms with Crippen molar-refractivity contribution >= 4 is 22.9 Å². The molecule has 2 aromatic rings. The second-order valence-electron chi connectivity index (χ2n) is 5.18. The van der Waals surface area contributed by atoms with Crippen LogP contribution in [0.1, 0.15) is 54.5 Å². The van der Waals surface area contributed by atoms with Crippen LogP contribution < -0.4 is 11.1 Å². The monoisotopic (exact) mass is 305 g/mol. The Morgan fingerprint density at radius 3 is 2.86 bits per heavy atom. The van der Waals surface area contributed by atoms with Gasteiger partial charge in [-0.25, -0.2) is 0 Å². The molecule has 0 spiro atoms. The number of nitrogens with two attached hydrogens (primary N) is 1. The minimum Gasteiger partial charge on any atom is -0.397 e. The van der Waals surface area contributed by atoms with Gasteiger partial charge in [0, 0.05) is 17.6 Å². The first-order valence-electron chi connectivity index (χ1n) is 7.45. The highest BCUT2D eigenvalue weighted by molar-refractivity contribution is 7.10. The molecule has 0 aromatic carbocycles. The molecule has 2 heterocycles. The van der Waals surface area contributed by atoms with E-state index >= 15 is 0 Å². The fourth-order valence-electron chi connectivity index (χ4n) is 2.45. The smallest absolute Gasteiger partial charge is 0.268 e. The van der Waals surface area contributed by atoms with E-state index in [2.05, 4.69) is 25.2 Å². The lowest BCUT2D eigenvalue weighted by Gasteiger charge is -2.17. The van der Waals surface area contributed by atoms with Crippen molar-refractivity contribution in [1.82, 2.24) is 9.88 Å². The molecule has 0 aliphatic heterocycles. The third-order valence-corrected chi connectivity index (χ3v) is 4.37. The first kappa shape index (κ1) is 15.6. The Morgan fingerprint density at radius 1 is 1.43 bits per heavy atom. The van der Waals surface area contributed by atoms with Gasteiger partial charge in [0.15, 0.2) is 0 Å². The van der Waals surface area contributed by atoms with Crippen molar-refractivity contribution in [2.24, 2.45) is 0 Å². The number of nitrogens with zero attached hydrogens (tertiary/aromatic N) is 1. The molecule has 5 heteroatoms. The molecule has 0 aliphatic carbocycles. The zero-order chi connectivity index (χ0) is 15.2. The Hall–Kier alpha value is -1.75. The highest BCUT2D eigenvalue weighted by Gasteiger charge is 2.18. The molecule has 1 atom stereocenters. The van der Waals surface area contributed by atoms with E-state index in [4.69, 9.17) is 5.73 Å². The van der Waals surface area contributed by atoms with E-state index in [1.165, 1.54) is 4.88 Å². The minimum absolute atomic E-state index is 0.0491. The Balaban J connectivity index is 2.15. The molecule has 2 aromatic heterocycles. The van der Waals surface area contributed by atoms with E-state index in [-0.39, 0.29) is 11.9 Å². The molecule has 114 valence electrons. The normalized spacial score (nSPS) is 12.3. The van der Waals surface area contributed by atoms with Gasteiger partial charge in [-0.3, -0.25) is 4.79 Å². The van der Waals surface area contributed by atoms with Crippen LogP contribution in [0.15, 0.2) is 29.8 Å². The highest BCUT2D eigenvalue weighted by Crippen LogP contribution is 2.24. The summed E-state index contributed by atoms with van der Waals surface area (Å²) in [7, 11) is 0. The molecule has 0 fully saturated rings. The summed E-state index contributed by atoms with van der Waals surface area (Å²) in [6, 6.07) is 5.92. The fourth-order valence-corrected chi connectivity index (χ4v) is 3.26. The fraction of sp³-hybridized carbons (Fsp3) is 0.438. The molecule has 0 radical (unpaired) electrons. The summed E-state index contributed by atoms with van der Waals surface area (Å²) < 4.78 is 1.93. The number of hydrogen-bond acceptors (Lipinski definition) is 3. The lowest BCUT2D eigenvalue weighted by atomic mass is 10.1. The average molecular weight is 305 g/mol. The molecule has 4 nitrogen and oxygen atoms in total. The van der Waals surface area contributed by atoms with Crippen molar-refractivity contribution in [3.63, 3.8) is 0 Å². The standard InChI is InChI=1S/C16H23N3OS/c1-3-6-13(15-7-5-9-21-15)18-16(20)14-10-12(17)11-19(14)8-4-2/h5,7,9-11,13H,3-4,6,8,17H2,1-2H3,(H,18,20). The summed E-state index contributed by atoms with van der Waals surface area (Å²) in [5, 5.41) is 5.19. The quantitative estimate of drug-likeness (QED) is 0.817. The summed E-state index contributed by atoms with van der Waals surface area (Å²) in [6.45, 7) is 5.02. The van der Waals surface area contributed by atoms with Crippen LogP contribution in [0.5, 0.6) is 0 Å². The first-order chi connectivity index (χ1) is 10.2. The van der Waals surface area contributed by atoms with Crippen LogP contribution in [0.2, 0.25) is 0 Å². The van der Waals surface area contributed by atoms with Crippen LogP contribution in [0.4, 0.5) is 5.69 Å². The van der Waals surface area contributed by atoms with Gasteiger partial charge in [-0.05, 0) is 30.4 Å². The Bertz CT molecular complexity index is 574. The maximum absolute atomic E-state index is 12.6. The Morgan fingerprint density at radius 2 is 2.24 bits per heavy atom. The van der Waals surface area contributed by atoms with Crippen molar-refractivity contribution in [3.8, 4) is 0 Å². The molecule has 21 heavy (non-hydrogen) atoms. The number of nitrogen functional groups attached to an aromatic ring is 1. The van der Waals surface area contributed by atoms with E-state index in [9.17, 15) is 4.79 Å². The van der Waals surface area contributed by atoms with Crippen LogP contribution in [-0.2, 0) is 6.54 Å². The summed E-state index contributed by atoms with van der Waals surface area (Å²) >= 11 is 1.68. The summed E-state index contributed by atoms with van der Waals surface area (Å²) in [5.41, 5.74) is 7.11. The number of carbonyl (C=O) groups excluding carboxylic acids is 1. The SMILES string of the molecule is CCCC(NC(=O)c1cc(N)cn1CCC)c1cccs1. The van der Waals surface area contributed by atoms with Gasteiger partial charge >= 0.3 is 0 Å². The second kappa shape index (κ2) is 7.31. The molecule has 0 saturated heterocycles. The number of anilines is 1. The van der Waals surface area contributed by atoms with E-state index in [1.807, 2.05) is 22.2 Å². The van der Waals surface area contributed by atoms with Crippen LogP contribution in [0, 0.1) is 0 Å². The van der Waals surface area contributed by atoms with Crippen LogP contribution in [0.25, 0.3) is 0 Å². The van der Waals surface area contributed by atoms with E-state index < -0.39 is 0 Å². The van der Waals surface area contributed by atoms with Crippen molar-refractivity contribution in [2.45, 2.75) is 45.7 Å². The van der Waals surface area contributed by atoms with Gasteiger partial charge in [0.05, 0.1) is 11.7 Å². The maximum Gasteiger partial charge on any atom is 0.268 e. The zero-order valence-electron chi connectivity index (χ0n) is 12.6. The van der Waals surface area contributed by atoms with Crippen LogP contribution in [-0.4, -0.2) is 10.5 Å². The van der Waals surface area contributed by atoms with Gasteiger partial charge in [0.2, 0.25) is 0 Å². The molecule has 0 aliphatic rings. The van der Waals surface area contributed by atoms with Crippen molar-refractivity contribution in [1.29, 1.82) is 0 Å². The molecule has 1 amide bonds. The lowest BCUT2D eigenvalue weighted by molar-refractivity contribution is 0.0925. The van der Waals surface area contributed by atoms with E-state index in [1.54, 1.807) is 17.4 Å². The number of amides is 1. The predicted octanol–water partition coefficient (Wildman–Crippen LogP) is 3.81. The van der Waals surface area contributed by atoms with Gasteiger partial charge in [0.25, 0.3) is 5.91 Å². The Labute approximate surface area is 130 Å². The number of aryl methyl sites for hydroxylation is 1. The number of carbonyl (C=O) groups is 1. The topological polar surface area (TPSA) is 60.1 Å². The van der Waals surface area contributed by atoms with Crippen molar-refractivity contribution in [3.05, 3.63) is 40.3 Å². The predicted molar refractivity (Wildman–Crippen MR) is 88.6 cm³/mol. The third-order valence-electron chi connectivity index (χ3n) is 3.38. The lowest BCUT2D eigenvalue weighted by Crippen LogP contribution is -2.29. The molecule has 2 rings (SSSR count). The number of thiophene rings is 1. The van der Waals surface area contributed by atoms with E-state index in [0.29, 0.717) is 11.4 Å². The zero-order valence-corrected chi connectivity index (χ0v) is 13.5. The van der Waals surface area contributed by atoms with Gasteiger partial charge in [0.1, 0.15) is 5.69 Å². The number of aromatic nitrogens is 1. The average Bonchev–Trinajstić information content (AvgIpc) is 3.08. The Kier molecular flexibility index (Phi) is 5.44. The minimum atomic E-state index is -0.0491. The van der Waals surface area contributed by atoms with Gasteiger partial charge < -0.3 is 15.6 Å². The molecule has 0 bridgehead atoms. The first-order valence-corrected chi connectivity index (χ1v) is 8.33. The summed E-state index contributed by atoms with van der Waals surface area (Å²) in [6.07, 6.45) is 4.77. The summed E-state index contributed by atoms with van der Waals surface area (Å²) in [4.78, 5) is 13.8. The molecular formula is C16H23N3OS. The van der Waals surface area contributed by atoms with Crippen LogP contribution in [0.3, 0.4) is 0 Å². The number of nitrogens with one attached hydrogen (secondary N) is 1. The van der Waals surface area contributed by atoms with Gasteiger partial charge in [-0.1, -0.05) is 26.3 Å². The molecule has 0 saturated carbocycles.